The molecular formula is C10H15N3O2. The average Bonchev–Trinajstić information content (AvgIpc) is 2.84. The molecule has 1 saturated heterocycles. The Kier molecular flexibility index (Phi) is 3.01. The van der Waals surface area contributed by atoms with Crippen molar-refractivity contribution in [2.24, 2.45) is 0 Å². The Hall–Kier alpha value is -1.36. The van der Waals surface area contributed by atoms with Crippen LogP contribution in [0.15, 0.2) is 6.33 Å². The van der Waals surface area contributed by atoms with Crippen LogP contribution in [0.2, 0.25) is 0 Å². The van der Waals surface area contributed by atoms with E-state index >= 15 is 0 Å². The van der Waals surface area contributed by atoms with Crippen LogP contribution < -0.4 is 5.32 Å². The highest BCUT2D eigenvalue weighted by molar-refractivity contribution is 5.93. The molecule has 1 aliphatic heterocycles. The summed E-state index contributed by atoms with van der Waals surface area (Å²) in [5, 5.41) is 2.82. The molecule has 5 nitrogen and oxygen atoms in total. The maximum Gasteiger partial charge on any atom is 0.271 e. The monoisotopic (exact) mass is 209 g/mol. The molecule has 1 amide bonds. The lowest BCUT2D eigenvalue weighted by molar-refractivity contribution is 0.0853. The van der Waals surface area contributed by atoms with Crippen LogP contribution in [0.5, 0.6) is 0 Å². The van der Waals surface area contributed by atoms with E-state index in [0.29, 0.717) is 12.2 Å². The molecule has 5 heteroatoms. The van der Waals surface area contributed by atoms with E-state index in [0.717, 1.165) is 25.1 Å². The number of aromatic amines is 1. The second-order valence-corrected chi connectivity index (χ2v) is 3.72. The molecule has 15 heavy (non-hydrogen) atoms. The maximum absolute atomic E-state index is 11.6. The van der Waals surface area contributed by atoms with Crippen molar-refractivity contribution in [2.45, 2.75) is 25.9 Å². The van der Waals surface area contributed by atoms with Crippen LogP contribution in [0.3, 0.4) is 0 Å². The Bertz CT molecular complexity index is 342. The van der Waals surface area contributed by atoms with Gasteiger partial charge in [-0.3, -0.25) is 4.79 Å². The van der Waals surface area contributed by atoms with E-state index in [2.05, 4.69) is 15.3 Å². The summed E-state index contributed by atoms with van der Waals surface area (Å²) < 4.78 is 5.41. The third-order valence-electron chi connectivity index (χ3n) is 2.56. The molecule has 0 radical (unpaired) electrons. The van der Waals surface area contributed by atoms with Crippen LogP contribution in [0, 0.1) is 6.92 Å². The lowest BCUT2D eigenvalue weighted by atomic mass is 10.2. The van der Waals surface area contributed by atoms with Crippen LogP contribution in [-0.4, -0.2) is 35.1 Å². The van der Waals surface area contributed by atoms with Gasteiger partial charge in [-0.25, -0.2) is 4.98 Å². The summed E-state index contributed by atoms with van der Waals surface area (Å²) >= 11 is 0. The van der Waals surface area contributed by atoms with Gasteiger partial charge in [0.25, 0.3) is 5.91 Å². The fourth-order valence-electron chi connectivity index (χ4n) is 1.68. The number of carbonyl (C=O) groups is 1. The van der Waals surface area contributed by atoms with Crippen LogP contribution in [0.25, 0.3) is 0 Å². The third kappa shape index (κ3) is 2.36. The Balaban J connectivity index is 1.84. The Morgan fingerprint density at radius 1 is 1.80 bits per heavy atom. The van der Waals surface area contributed by atoms with Crippen molar-refractivity contribution in [3.8, 4) is 0 Å². The number of aromatic nitrogens is 2. The molecule has 2 rings (SSSR count). The van der Waals surface area contributed by atoms with Gasteiger partial charge in [0.15, 0.2) is 0 Å². The molecule has 0 saturated carbocycles. The second-order valence-electron chi connectivity index (χ2n) is 3.72. The van der Waals surface area contributed by atoms with Gasteiger partial charge in [-0.2, -0.15) is 0 Å². The molecule has 1 atom stereocenters. The fourth-order valence-corrected chi connectivity index (χ4v) is 1.68. The minimum Gasteiger partial charge on any atom is -0.376 e. The summed E-state index contributed by atoms with van der Waals surface area (Å²) in [4.78, 5) is 18.5. The molecule has 1 aliphatic rings. The third-order valence-corrected chi connectivity index (χ3v) is 2.56. The van der Waals surface area contributed by atoms with Crippen LogP contribution in [0.4, 0.5) is 0 Å². The lowest BCUT2D eigenvalue weighted by Crippen LogP contribution is -2.32. The number of nitrogens with zero attached hydrogens (tertiary/aromatic N) is 1. The van der Waals surface area contributed by atoms with Gasteiger partial charge in [0.1, 0.15) is 5.69 Å². The molecular weight excluding hydrogens is 194 g/mol. The van der Waals surface area contributed by atoms with Crippen LogP contribution in [-0.2, 0) is 4.74 Å². The van der Waals surface area contributed by atoms with Crippen molar-refractivity contribution in [1.29, 1.82) is 0 Å². The van der Waals surface area contributed by atoms with E-state index in [1.54, 1.807) is 0 Å². The normalized spacial score (nSPS) is 20.5. The van der Waals surface area contributed by atoms with E-state index in [9.17, 15) is 4.79 Å². The highest BCUT2D eigenvalue weighted by Gasteiger charge is 2.18. The van der Waals surface area contributed by atoms with E-state index in [1.165, 1.54) is 6.33 Å². The number of carbonyl (C=O) groups excluding carboxylic acids is 1. The molecule has 1 aromatic heterocycles. The van der Waals surface area contributed by atoms with Gasteiger partial charge in [0, 0.05) is 18.8 Å². The molecule has 0 aliphatic carbocycles. The number of hydrogen-bond donors (Lipinski definition) is 2. The first-order valence-electron chi connectivity index (χ1n) is 5.17. The number of ether oxygens (including phenoxy) is 1. The van der Waals surface area contributed by atoms with E-state index in [4.69, 9.17) is 4.74 Å². The Morgan fingerprint density at radius 2 is 2.67 bits per heavy atom. The largest absolute Gasteiger partial charge is 0.376 e. The Morgan fingerprint density at radius 3 is 3.27 bits per heavy atom. The summed E-state index contributed by atoms with van der Waals surface area (Å²) in [5.74, 6) is -0.135. The zero-order valence-corrected chi connectivity index (χ0v) is 8.75. The molecule has 0 bridgehead atoms. The quantitative estimate of drug-likeness (QED) is 0.767. The lowest BCUT2D eigenvalue weighted by Gasteiger charge is -2.09. The number of imidazole rings is 1. The molecule has 2 N–H and O–H groups in total. The molecule has 0 spiro atoms. The standard InChI is InChI=1S/C10H15N3O2/c1-7-9(13-6-12-7)10(14)11-5-8-3-2-4-15-8/h6,8H,2-5H2,1H3,(H,11,14)(H,12,13). The maximum atomic E-state index is 11.6. The van der Waals surface area contributed by atoms with Gasteiger partial charge in [-0.1, -0.05) is 0 Å². The summed E-state index contributed by atoms with van der Waals surface area (Å²) in [6.07, 6.45) is 3.81. The van der Waals surface area contributed by atoms with Gasteiger partial charge < -0.3 is 15.0 Å². The van der Waals surface area contributed by atoms with Crippen molar-refractivity contribution in [2.75, 3.05) is 13.2 Å². The van der Waals surface area contributed by atoms with Crippen molar-refractivity contribution in [3.05, 3.63) is 17.7 Å². The predicted molar refractivity (Wildman–Crippen MR) is 54.6 cm³/mol. The zero-order chi connectivity index (χ0) is 10.7. The molecule has 1 aromatic rings. The second kappa shape index (κ2) is 4.44. The Labute approximate surface area is 88.2 Å². The topological polar surface area (TPSA) is 67.0 Å². The van der Waals surface area contributed by atoms with Gasteiger partial charge in [0.05, 0.1) is 12.4 Å². The summed E-state index contributed by atoms with van der Waals surface area (Å²) in [6, 6.07) is 0. The smallest absolute Gasteiger partial charge is 0.271 e. The fraction of sp³-hybridized carbons (Fsp3) is 0.600. The zero-order valence-electron chi connectivity index (χ0n) is 8.75. The van der Waals surface area contributed by atoms with E-state index < -0.39 is 0 Å². The number of aryl methyl sites for hydroxylation is 1. The summed E-state index contributed by atoms with van der Waals surface area (Å²) in [7, 11) is 0. The average molecular weight is 209 g/mol. The van der Waals surface area contributed by atoms with Gasteiger partial charge >= 0.3 is 0 Å². The molecule has 2 heterocycles. The number of amides is 1. The highest BCUT2D eigenvalue weighted by atomic mass is 16.5. The molecule has 1 fully saturated rings. The first-order valence-corrected chi connectivity index (χ1v) is 5.17. The van der Waals surface area contributed by atoms with E-state index in [1.807, 2.05) is 6.92 Å². The van der Waals surface area contributed by atoms with Crippen molar-refractivity contribution < 1.29 is 9.53 Å². The molecule has 82 valence electrons. The number of hydrogen-bond acceptors (Lipinski definition) is 3. The predicted octanol–water partition coefficient (Wildman–Crippen LogP) is 0.627. The minimum absolute atomic E-state index is 0.135. The van der Waals surface area contributed by atoms with Gasteiger partial charge in [-0.05, 0) is 19.8 Å². The van der Waals surface area contributed by atoms with Crippen molar-refractivity contribution in [1.82, 2.24) is 15.3 Å². The van der Waals surface area contributed by atoms with Crippen molar-refractivity contribution >= 4 is 5.91 Å². The number of rotatable bonds is 3. The molecule has 1 unspecified atom stereocenters. The first-order chi connectivity index (χ1) is 7.27. The van der Waals surface area contributed by atoms with Gasteiger partial charge in [-0.15, -0.1) is 0 Å². The van der Waals surface area contributed by atoms with Crippen LogP contribution in [0.1, 0.15) is 29.0 Å². The first kappa shape index (κ1) is 10.2. The SMILES string of the molecule is Cc1[nH]cnc1C(=O)NCC1CCCO1. The van der Waals surface area contributed by atoms with Crippen LogP contribution >= 0.6 is 0 Å². The highest BCUT2D eigenvalue weighted by Crippen LogP contribution is 2.10. The minimum atomic E-state index is -0.135. The molecule has 0 aromatic carbocycles. The number of H-pyrrole nitrogens is 1. The van der Waals surface area contributed by atoms with Crippen molar-refractivity contribution in [3.63, 3.8) is 0 Å². The summed E-state index contributed by atoms with van der Waals surface area (Å²) in [5.41, 5.74) is 1.26. The van der Waals surface area contributed by atoms with E-state index in [-0.39, 0.29) is 12.0 Å². The number of nitrogens with one attached hydrogen (secondary N) is 2. The van der Waals surface area contributed by atoms with Gasteiger partial charge in [0.2, 0.25) is 0 Å². The summed E-state index contributed by atoms with van der Waals surface area (Å²) in [6.45, 7) is 3.21.